The van der Waals surface area contributed by atoms with Crippen LogP contribution < -0.4 is 5.73 Å². The second kappa shape index (κ2) is 4.12. The number of hydrogen-bond acceptors (Lipinski definition) is 4. The van der Waals surface area contributed by atoms with Crippen molar-refractivity contribution in [2.45, 2.75) is 19.5 Å². The van der Waals surface area contributed by atoms with E-state index in [1.54, 1.807) is 17.1 Å². The van der Waals surface area contributed by atoms with Crippen LogP contribution in [0, 0.1) is 5.92 Å². The van der Waals surface area contributed by atoms with Gasteiger partial charge in [0.1, 0.15) is 0 Å². The Balaban J connectivity index is 2.13. The zero-order valence-corrected chi connectivity index (χ0v) is 8.72. The second-order valence-electron chi connectivity index (χ2n) is 3.76. The summed E-state index contributed by atoms with van der Waals surface area (Å²) in [4.78, 5) is 12.0. The SMILES string of the molecule is CCn1cc(C(=O)C2COCC2N)cn1. The van der Waals surface area contributed by atoms with E-state index in [2.05, 4.69) is 5.10 Å². The van der Waals surface area contributed by atoms with Crippen molar-refractivity contribution < 1.29 is 9.53 Å². The highest BCUT2D eigenvalue weighted by molar-refractivity contribution is 5.98. The Morgan fingerprint density at radius 1 is 1.73 bits per heavy atom. The number of aromatic nitrogens is 2. The maximum atomic E-state index is 12.0. The second-order valence-corrected chi connectivity index (χ2v) is 3.76. The molecule has 2 rings (SSSR count). The van der Waals surface area contributed by atoms with E-state index < -0.39 is 0 Å². The number of nitrogens with two attached hydrogens (primary N) is 1. The summed E-state index contributed by atoms with van der Waals surface area (Å²) in [7, 11) is 0. The lowest BCUT2D eigenvalue weighted by molar-refractivity contribution is 0.0896. The van der Waals surface area contributed by atoms with Crippen LogP contribution in [0.15, 0.2) is 12.4 Å². The number of hydrogen-bond donors (Lipinski definition) is 1. The van der Waals surface area contributed by atoms with Crippen molar-refractivity contribution in [1.29, 1.82) is 0 Å². The largest absolute Gasteiger partial charge is 0.379 e. The van der Waals surface area contributed by atoms with Gasteiger partial charge in [-0.2, -0.15) is 5.10 Å². The molecule has 0 aromatic carbocycles. The van der Waals surface area contributed by atoms with Crippen molar-refractivity contribution in [2.24, 2.45) is 11.7 Å². The molecule has 2 unspecified atom stereocenters. The summed E-state index contributed by atoms with van der Waals surface area (Å²) >= 11 is 0. The molecule has 0 saturated carbocycles. The number of nitrogens with zero attached hydrogens (tertiary/aromatic N) is 2. The van der Waals surface area contributed by atoms with E-state index in [0.717, 1.165) is 6.54 Å². The van der Waals surface area contributed by atoms with Gasteiger partial charge in [-0.3, -0.25) is 9.48 Å². The Morgan fingerprint density at radius 2 is 2.53 bits per heavy atom. The Kier molecular flexibility index (Phi) is 2.83. The molecule has 1 aromatic heterocycles. The molecule has 1 aliphatic rings. The zero-order valence-electron chi connectivity index (χ0n) is 8.72. The highest BCUT2D eigenvalue weighted by Crippen LogP contribution is 2.17. The number of rotatable bonds is 3. The van der Waals surface area contributed by atoms with Gasteiger partial charge >= 0.3 is 0 Å². The van der Waals surface area contributed by atoms with E-state index >= 15 is 0 Å². The third-order valence-corrected chi connectivity index (χ3v) is 2.70. The van der Waals surface area contributed by atoms with Gasteiger partial charge in [0.05, 0.1) is 30.9 Å². The molecule has 15 heavy (non-hydrogen) atoms. The number of aryl methyl sites for hydroxylation is 1. The van der Waals surface area contributed by atoms with Crippen LogP contribution in [0.5, 0.6) is 0 Å². The first kappa shape index (κ1) is 10.3. The number of ether oxygens (including phenoxy) is 1. The van der Waals surface area contributed by atoms with Crippen LogP contribution in [-0.2, 0) is 11.3 Å². The lowest BCUT2D eigenvalue weighted by Crippen LogP contribution is -2.34. The highest BCUT2D eigenvalue weighted by atomic mass is 16.5. The quantitative estimate of drug-likeness (QED) is 0.715. The Bertz CT molecular complexity index is 361. The molecule has 2 atom stereocenters. The molecule has 82 valence electrons. The van der Waals surface area contributed by atoms with Crippen molar-refractivity contribution >= 4 is 5.78 Å². The van der Waals surface area contributed by atoms with Gasteiger partial charge in [0.25, 0.3) is 0 Å². The summed E-state index contributed by atoms with van der Waals surface area (Å²) in [6.07, 6.45) is 3.35. The molecule has 1 saturated heterocycles. The molecule has 1 aliphatic heterocycles. The van der Waals surface area contributed by atoms with E-state index in [9.17, 15) is 4.79 Å². The summed E-state index contributed by atoms with van der Waals surface area (Å²) in [6, 6.07) is -0.178. The van der Waals surface area contributed by atoms with Crippen molar-refractivity contribution in [3.05, 3.63) is 18.0 Å². The topological polar surface area (TPSA) is 70.1 Å². The Morgan fingerprint density at radius 3 is 3.07 bits per heavy atom. The summed E-state index contributed by atoms with van der Waals surface area (Å²) in [5.41, 5.74) is 6.41. The molecular formula is C10H15N3O2. The normalized spacial score (nSPS) is 25.7. The number of carbonyl (C=O) groups is 1. The summed E-state index contributed by atoms with van der Waals surface area (Å²) < 4.78 is 6.90. The maximum absolute atomic E-state index is 12.0. The molecule has 5 heteroatoms. The van der Waals surface area contributed by atoms with Crippen LogP contribution in [0.4, 0.5) is 0 Å². The molecule has 2 heterocycles. The first-order valence-corrected chi connectivity index (χ1v) is 5.12. The minimum Gasteiger partial charge on any atom is -0.379 e. The minimum absolute atomic E-state index is 0.0414. The molecular weight excluding hydrogens is 194 g/mol. The van der Waals surface area contributed by atoms with Gasteiger partial charge < -0.3 is 10.5 Å². The van der Waals surface area contributed by atoms with Gasteiger partial charge in [0.15, 0.2) is 5.78 Å². The summed E-state index contributed by atoms with van der Waals surface area (Å²) in [5, 5.41) is 4.07. The van der Waals surface area contributed by atoms with Gasteiger partial charge in [0.2, 0.25) is 0 Å². The molecule has 0 spiro atoms. The molecule has 0 radical (unpaired) electrons. The van der Waals surface area contributed by atoms with Crippen LogP contribution in [0.2, 0.25) is 0 Å². The Labute approximate surface area is 88.2 Å². The number of Topliss-reactive ketones (excluding diaryl/α,β-unsaturated/α-hetero) is 1. The van der Waals surface area contributed by atoms with Gasteiger partial charge in [-0.25, -0.2) is 0 Å². The van der Waals surface area contributed by atoms with Crippen LogP contribution >= 0.6 is 0 Å². The monoisotopic (exact) mass is 209 g/mol. The number of carbonyl (C=O) groups excluding carboxylic acids is 1. The summed E-state index contributed by atoms with van der Waals surface area (Å²) in [6.45, 7) is 3.64. The fraction of sp³-hybridized carbons (Fsp3) is 0.600. The highest BCUT2D eigenvalue weighted by Gasteiger charge is 2.32. The van der Waals surface area contributed by atoms with Crippen molar-refractivity contribution in [2.75, 3.05) is 13.2 Å². The minimum atomic E-state index is -0.209. The van der Waals surface area contributed by atoms with Gasteiger partial charge in [-0.15, -0.1) is 0 Å². The third kappa shape index (κ3) is 1.93. The smallest absolute Gasteiger partial charge is 0.173 e. The molecule has 2 N–H and O–H groups in total. The predicted molar refractivity (Wildman–Crippen MR) is 54.5 cm³/mol. The van der Waals surface area contributed by atoms with Crippen LogP contribution in [0.1, 0.15) is 17.3 Å². The standard InChI is InChI=1S/C10H15N3O2/c1-2-13-4-7(3-12-13)10(14)8-5-15-6-9(8)11/h3-4,8-9H,2,5-6,11H2,1H3. The maximum Gasteiger partial charge on any atom is 0.173 e. The predicted octanol–water partition coefficient (Wildman–Crippen LogP) is 0.0594. The van der Waals surface area contributed by atoms with E-state index in [1.165, 1.54) is 0 Å². The average Bonchev–Trinajstić information content (AvgIpc) is 2.84. The van der Waals surface area contributed by atoms with Crippen LogP contribution in [0.3, 0.4) is 0 Å². The fourth-order valence-corrected chi connectivity index (χ4v) is 1.72. The van der Waals surface area contributed by atoms with Gasteiger partial charge in [-0.05, 0) is 6.92 Å². The first-order valence-electron chi connectivity index (χ1n) is 5.12. The van der Waals surface area contributed by atoms with E-state index in [-0.39, 0.29) is 17.7 Å². The first-order chi connectivity index (χ1) is 7.22. The number of ketones is 1. The lowest BCUT2D eigenvalue weighted by atomic mass is 9.96. The summed E-state index contributed by atoms with van der Waals surface area (Å²) in [5.74, 6) is -0.167. The van der Waals surface area contributed by atoms with E-state index in [0.29, 0.717) is 18.8 Å². The average molecular weight is 209 g/mol. The van der Waals surface area contributed by atoms with Crippen LogP contribution in [0.25, 0.3) is 0 Å². The third-order valence-electron chi connectivity index (χ3n) is 2.70. The lowest BCUT2D eigenvalue weighted by Gasteiger charge is -2.09. The van der Waals surface area contributed by atoms with Gasteiger partial charge in [-0.1, -0.05) is 0 Å². The molecule has 0 amide bonds. The Hall–Kier alpha value is -1.20. The van der Waals surface area contributed by atoms with Crippen molar-refractivity contribution in [3.63, 3.8) is 0 Å². The molecule has 0 aliphatic carbocycles. The van der Waals surface area contributed by atoms with Gasteiger partial charge in [0, 0.05) is 18.8 Å². The molecule has 0 bridgehead atoms. The molecule has 1 aromatic rings. The van der Waals surface area contributed by atoms with Crippen LogP contribution in [-0.4, -0.2) is 34.8 Å². The molecule has 5 nitrogen and oxygen atoms in total. The zero-order chi connectivity index (χ0) is 10.8. The van der Waals surface area contributed by atoms with E-state index in [1.807, 2.05) is 6.92 Å². The van der Waals surface area contributed by atoms with Crippen molar-refractivity contribution in [1.82, 2.24) is 9.78 Å². The fourth-order valence-electron chi connectivity index (χ4n) is 1.72. The molecule has 1 fully saturated rings. The van der Waals surface area contributed by atoms with E-state index in [4.69, 9.17) is 10.5 Å². The van der Waals surface area contributed by atoms with Crippen molar-refractivity contribution in [3.8, 4) is 0 Å².